The fourth-order valence-electron chi connectivity index (χ4n) is 1.92. The lowest BCUT2D eigenvalue weighted by atomic mass is 9.98. The van der Waals surface area contributed by atoms with Crippen molar-refractivity contribution in [1.29, 1.82) is 0 Å². The molecule has 3 N–H and O–H groups in total. The molecule has 0 unspecified atom stereocenters. The zero-order chi connectivity index (χ0) is 15.6. The second kappa shape index (κ2) is 9.90. The third-order valence-corrected chi connectivity index (χ3v) is 3.76. The van der Waals surface area contributed by atoms with Gasteiger partial charge in [0, 0.05) is 12.1 Å². The minimum absolute atomic E-state index is 0.175. The second-order valence-electron chi connectivity index (χ2n) is 4.46. The number of allylic oxidation sites excluding steroid dienone is 1. The number of carbonyl (C=O) groups is 1. The Balaban J connectivity index is 4.63. The van der Waals surface area contributed by atoms with Crippen molar-refractivity contribution in [1.82, 2.24) is 0 Å². The summed E-state index contributed by atoms with van der Waals surface area (Å²) in [6, 6.07) is 0. The Bertz CT molecular complexity index is 422. The molecule has 0 aromatic heterocycles. The van der Waals surface area contributed by atoms with Gasteiger partial charge >= 0.3 is 5.97 Å². The molecule has 0 radical (unpaired) electrons. The van der Waals surface area contributed by atoms with Gasteiger partial charge in [-0.05, 0) is 32.1 Å². The first-order valence-corrected chi connectivity index (χ1v) is 8.49. The van der Waals surface area contributed by atoms with Crippen LogP contribution in [-0.2, 0) is 19.6 Å². The van der Waals surface area contributed by atoms with E-state index in [1.807, 2.05) is 13.8 Å². The van der Waals surface area contributed by atoms with Crippen molar-refractivity contribution in [2.24, 2.45) is 5.73 Å². The van der Waals surface area contributed by atoms with Crippen LogP contribution in [0.5, 0.6) is 0 Å². The van der Waals surface area contributed by atoms with Gasteiger partial charge in [-0.15, -0.1) is 0 Å². The first-order chi connectivity index (χ1) is 9.35. The van der Waals surface area contributed by atoms with Crippen molar-refractivity contribution in [2.45, 2.75) is 46.0 Å². The fourth-order valence-corrected chi connectivity index (χ4v) is 2.49. The summed E-state index contributed by atoms with van der Waals surface area (Å²) in [5.74, 6) is -0.660. The van der Waals surface area contributed by atoms with E-state index in [9.17, 15) is 13.2 Å². The molecule has 0 aliphatic heterocycles. The molecule has 0 aliphatic rings. The molecular weight excluding hydrogens is 282 g/mol. The van der Waals surface area contributed by atoms with Gasteiger partial charge in [-0.2, -0.15) is 8.42 Å². The topological polar surface area (TPSA) is 107 Å². The predicted molar refractivity (Wildman–Crippen MR) is 77.9 cm³/mol. The van der Waals surface area contributed by atoms with Gasteiger partial charge in [-0.3, -0.25) is 4.55 Å². The van der Waals surface area contributed by atoms with E-state index in [1.165, 1.54) is 0 Å². The van der Waals surface area contributed by atoms with Gasteiger partial charge in [-0.25, -0.2) is 4.79 Å². The Kier molecular flexibility index (Phi) is 9.45. The number of esters is 1. The monoisotopic (exact) mass is 307 g/mol. The summed E-state index contributed by atoms with van der Waals surface area (Å²) in [6.07, 6.45) is 2.78. The third-order valence-electron chi connectivity index (χ3n) is 2.96. The molecule has 0 atom stereocenters. The maximum Gasteiger partial charge on any atom is 0.333 e. The lowest BCUT2D eigenvalue weighted by molar-refractivity contribution is -0.139. The summed E-state index contributed by atoms with van der Waals surface area (Å²) in [5, 5.41) is 0. The Morgan fingerprint density at radius 2 is 1.80 bits per heavy atom. The molecule has 0 saturated carbocycles. The molecule has 0 aliphatic carbocycles. The molecule has 6 nitrogen and oxygen atoms in total. The maximum atomic E-state index is 11.9. The van der Waals surface area contributed by atoms with Crippen LogP contribution in [0.3, 0.4) is 0 Å². The van der Waals surface area contributed by atoms with Crippen LogP contribution in [0.2, 0.25) is 0 Å². The lowest BCUT2D eigenvalue weighted by Crippen LogP contribution is -2.16. The largest absolute Gasteiger partial charge is 0.461 e. The molecule has 0 saturated heterocycles. The normalized spacial score (nSPS) is 11.2. The van der Waals surface area contributed by atoms with Gasteiger partial charge in [0.15, 0.2) is 0 Å². The van der Waals surface area contributed by atoms with Gasteiger partial charge < -0.3 is 10.5 Å². The van der Waals surface area contributed by atoms with E-state index < -0.39 is 10.1 Å². The third kappa shape index (κ3) is 8.29. The minimum atomic E-state index is -3.94. The van der Waals surface area contributed by atoms with E-state index in [-0.39, 0.29) is 24.9 Å². The van der Waals surface area contributed by atoms with E-state index in [0.29, 0.717) is 24.8 Å². The summed E-state index contributed by atoms with van der Waals surface area (Å²) in [4.78, 5) is 11.9. The lowest BCUT2D eigenvalue weighted by Gasteiger charge is -2.12. The van der Waals surface area contributed by atoms with Crippen molar-refractivity contribution < 1.29 is 22.5 Å². The number of ether oxygens (including phenoxy) is 1. The molecule has 0 amide bonds. The van der Waals surface area contributed by atoms with Crippen LogP contribution in [0.4, 0.5) is 0 Å². The number of hydrogen-bond acceptors (Lipinski definition) is 5. The van der Waals surface area contributed by atoms with Gasteiger partial charge in [0.1, 0.15) is 6.61 Å². The number of carbonyl (C=O) groups excluding carboxylic acids is 1. The van der Waals surface area contributed by atoms with Crippen molar-refractivity contribution >= 4 is 16.1 Å². The highest BCUT2D eigenvalue weighted by Gasteiger charge is 2.15. The maximum absolute atomic E-state index is 11.9. The Hall–Kier alpha value is -0.920. The Labute approximate surface area is 121 Å². The highest BCUT2D eigenvalue weighted by Crippen LogP contribution is 2.20. The highest BCUT2D eigenvalue weighted by atomic mass is 32.2. The predicted octanol–water partition coefficient (Wildman–Crippen LogP) is 1.66. The van der Waals surface area contributed by atoms with Gasteiger partial charge in [0.05, 0.1) is 5.75 Å². The number of unbranched alkanes of at least 4 members (excludes halogenated alkanes) is 1. The Morgan fingerprint density at radius 1 is 1.20 bits per heavy atom. The van der Waals surface area contributed by atoms with Gasteiger partial charge in [-0.1, -0.05) is 19.4 Å². The van der Waals surface area contributed by atoms with Crippen molar-refractivity contribution in [3.8, 4) is 0 Å². The second-order valence-corrected chi connectivity index (χ2v) is 6.03. The fraction of sp³-hybridized carbons (Fsp3) is 0.769. The van der Waals surface area contributed by atoms with Gasteiger partial charge in [0.25, 0.3) is 10.1 Å². The minimum Gasteiger partial charge on any atom is -0.461 e. The molecule has 0 fully saturated rings. The first-order valence-electron chi connectivity index (χ1n) is 6.88. The molecule has 7 heteroatoms. The zero-order valence-electron chi connectivity index (χ0n) is 12.2. The molecule has 0 bridgehead atoms. The van der Waals surface area contributed by atoms with Crippen LogP contribution in [-0.4, -0.2) is 37.8 Å². The molecule has 0 spiro atoms. The average Bonchev–Trinajstić information content (AvgIpc) is 2.38. The van der Waals surface area contributed by atoms with E-state index in [4.69, 9.17) is 15.0 Å². The molecule has 0 aromatic carbocycles. The summed E-state index contributed by atoms with van der Waals surface area (Å²) in [5.41, 5.74) is 6.92. The van der Waals surface area contributed by atoms with E-state index in [2.05, 4.69) is 0 Å². The molecular formula is C13H25NO5S. The van der Waals surface area contributed by atoms with E-state index in [0.717, 1.165) is 18.4 Å². The molecule has 20 heavy (non-hydrogen) atoms. The quantitative estimate of drug-likeness (QED) is 0.275. The van der Waals surface area contributed by atoms with Gasteiger partial charge in [0.2, 0.25) is 0 Å². The van der Waals surface area contributed by atoms with Crippen LogP contribution in [0.15, 0.2) is 11.1 Å². The molecule has 118 valence electrons. The van der Waals surface area contributed by atoms with Crippen LogP contribution >= 0.6 is 0 Å². The highest BCUT2D eigenvalue weighted by molar-refractivity contribution is 7.85. The summed E-state index contributed by atoms with van der Waals surface area (Å²) in [7, 11) is -3.94. The van der Waals surface area contributed by atoms with Crippen LogP contribution in [0.1, 0.15) is 46.0 Å². The first kappa shape index (κ1) is 19.1. The summed E-state index contributed by atoms with van der Waals surface area (Å²) >= 11 is 0. The van der Waals surface area contributed by atoms with Crippen LogP contribution in [0, 0.1) is 0 Å². The molecule has 0 rings (SSSR count). The van der Waals surface area contributed by atoms with Crippen LogP contribution in [0.25, 0.3) is 0 Å². The molecule has 0 aromatic rings. The zero-order valence-corrected chi connectivity index (χ0v) is 13.0. The number of hydrogen-bond donors (Lipinski definition) is 2. The summed E-state index contributed by atoms with van der Waals surface area (Å²) < 4.78 is 35.0. The molecule has 0 heterocycles. The van der Waals surface area contributed by atoms with E-state index in [1.54, 1.807) is 0 Å². The van der Waals surface area contributed by atoms with Crippen molar-refractivity contribution in [3.05, 3.63) is 11.1 Å². The number of nitrogens with two attached hydrogens (primary N) is 1. The average molecular weight is 307 g/mol. The van der Waals surface area contributed by atoms with Crippen LogP contribution < -0.4 is 5.73 Å². The number of rotatable bonds is 10. The summed E-state index contributed by atoms with van der Waals surface area (Å²) in [6.45, 7) is 4.38. The van der Waals surface area contributed by atoms with Crippen molar-refractivity contribution in [3.63, 3.8) is 0 Å². The standard InChI is InChI=1S/C13H25NO5S/c1-3-11(4-2)12(13(15)19-9-8-14)7-5-6-10-20(16,17)18/h3-10,14H2,1-2H3,(H,16,17,18). The SMILES string of the molecule is CCC(CC)=C(CCCCS(=O)(=O)O)C(=O)OCCN. The van der Waals surface area contributed by atoms with Crippen molar-refractivity contribution in [2.75, 3.05) is 18.9 Å². The smallest absolute Gasteiger partial charge is 0.333 e. The van der Waals surface area contributed by atoms with E-state index >= 15 is 0 Å². The Morgan fingerprint density at radius 3 is 2.25 bits per heavy atom.